The maximum atomic E-state index is 4.61. The van der Waals surface area contributed by atoms with E-state index in [2.05, 4.69) is 50.3 Å². The largest absolute Gasteiger partial charge is 0.316 e. The molecule has 0 fully saturated rings. The van der Waals surface area contributed by atoms with Crippen LogP contribution in [0.1, 0.15) is 51.2 Å². The summed E-state index contributed by atoms with van der Waals surface area (Å²) in [5.41, 5.74) is 1.60. The lowest BCUT2D eigenvalue weighted by Crippen LogP contribution is -2.35. The van der Waals surface area contributed by atoms with E-state index in [4.69, 9.17) is 0 Å². The summed E-state index contributed by atoms with van der Waals surface area (Å²) in [4.78, 5) is 4.61. The minimum Gasteiger partial charge on any atom is -0.316 e. The maximum Gasteiger partial charge on any atom is 0.0897 e. The van der Waals surface area contributed by atoms with Crippen LogP contribution in [0.4, 0.5) is 0 Å². The molecule has 0 amide bonds. The zero-order valence-electron chi connectivity index (χ0n) is 12.5. The molecule has 1 unspecified atom stereocenters. The van der Waals surface area contributed by atoms with Crippen LogP contribution >= 0.6 is 11.3 Å². The van der Waals surface area contributed by atoms with Crippen molar-refractivity contribution in [3.05, 3.63) is 16.1 Å². The number of aryl methyl sites for hydroxylation is 1. The van der Waals surface area contributed by atoms with E-state index in [-0.39, 0.29) is 0 Å². The third kappa shape index (κ3) is 5.49. The molecule has 0 aliphatic carbocycles. The summed E-state index contributed by atoms with van der Waals surface area (Å²) in [7, 11) is 0. The highest BCUT2D eigenvalue weighted by molar-refractivity contribution is 7.09. The van der Waals surface area contributed by atoms with Crippen molar-refractivity contribution in [3.63, 3.8) is 0 Å². The van der Waals surface area contributed by atoms with Gasteiger partial charge in [0.05, 0.1) is 10.7 Å². The van der Waals surface area contributed by atoms with Gasteiger partial charge in [0.15, 0.2) is 0 Å². The van der Waals surface area contributed by atoms with E-state index in [0.717, 1.165) is 25.4 Å². The molecule has 1 N–H and O–H groups in total. The summed E-state index contributed by atoms with van der Waals surface area (Å²) < 4.78 is 0. The first kappa shape index (κ1) is 15.6. The van der Waals surface area contributed by atoms with Crippen LogP contribution in [0.5, 0.6) is 0 Å². The molecule has 1 atom stereocenters. The van der Waals surface area contributed by atoms with Gasteiger partial charge in [0.1, 0.15) is 0 Å². The molecule has 3 heteroatoms. The number of hydrogen-bond donors (Lipinski definition) is 1. The van der Waals surface area contributed by atoms with Gasteiger partial charge in [0, 0.05) is 11.9 Å². The number of nitrogens with one attached hydrogen (secondary N) is 1. The summed E-state index contributed by atoms with van der Waals surface area (Å²) in [6.45, 7) is 13.5. The van der Waals surface area contributed by atoms with E-state index in [1.807, 2.05) is 0 Å². The average molecular weight is 268 g/mol. The molecule has 0 radical (unpaired) electrons. The van der Waals surface area contributed by atoms with Crippen molar-refractivity contribution in [1.82, 2.24) is 10.3 Å². The highest BCUT2D eigenvalue weighted by Crippen LogP contribution is 2.28. The summed E-state index contributed by atoms with van der Waals surface area (Å²) in [5, 5.41) is 7.01. The van der Waals surface area contributed by atoms with Crippen LogP contribution in [0.3, 0.4) is 0 Å². The normalized spacial score (nSPS) is 15.0. The smallest absolute Gasteiger partial charge is 0.0897 e. The number of nitrogens with zero attached hydrogens (tertiary/aromatic N) is 1. The molecule has 0 spiro atoms. The van der Waals surface area contributed by atoms with Gasteiger partial charge < -0.3 is 5.32 Å². The second-order valence-electron chi connectivity index (χ2n) is 6.12. The second-order valence-corrected chi connectivity index (χ2v) is 7.18. The third-order valence-electron chi connectivity index (χ3n) is 3.23. The minimum absolute atomic E-state index is 0.337. The molecular formula is C15H28N2S. The van der Waals surface area contributed by atoms with E-state index < -0.39 is 0 Å². The van der Waals surface area contributed by atoms with Crippen molar-refractivity contribution in [1.29, 1.82) is 0 Å². The maximum absolute atomic E-state index is 4.61. The molecule has 0 saturated carbocycles. The van der Waals surface area contributed by atoms with Crippen LogP contribution in [0.15, 0.2) is 5.38 Å². The zero-order chi connectivity index (χ0) is 13.6. The van der Waals surface area contributed by atoms with Crippen molar-refractivity contribution in [2.45, 2.75) is 53.9 Å². The molecule has 1 heterocycles. The van der Waals surface area contributed by atoms with Crippen LogP contribution in [-0.4, -0.2) is 18.1 Å². The fourth-order valence-electron chi connectivity index (χ4n) is 2.43. The highest BCUT2D eigenvalue weighted by Gasteiger charge is 2.24. The van der Waals surface area contributed by atoms with Gasteiger partial charge in [-0.15, -0.1) is 11.3 Å². The molecule has 1 rings (SSSR count). The standard InChI is InChI=1S/C15H28N2S/c1-6-7-15(5,11-16-9-12(2)3)8-14-10-18-13(4)17-14/h10,12,16H,6-9,11H2,1-5H3. The van der Waals surface area contributed by atoms with Crippen LogP contribution in [0.25, 0.3) is 0 Å². The molecule has 0 aromatic carbocycles. The Morgan fingerprint density at radius 2 is 2.17 bits per heavy atom. The molecule has 0 bridgehead atoms. The van der Waals surface area contributed by atoms with Crippen molar-refractivity contribution in [3.8, 4) is 0 Å². The lowest BCUT2D eigenvalue weighted by atomic mass is 9.81. The van der Waals surface area contributed by atoms with Gasteiger partial charge in [0.2, 0.25) is 0 Å². The van der Waals surface area contributed by atoms with Crippen LogP contribution in [0, 0.1) is 18.3 Å². The van der Waals surface area contributed by atoms with Gasteiger partial charge in [-0.1, -0.05) is 34.1 Å². The van der Waals surface area contributed by atoms with E-state index in [9.17, 15) is 0 Å². The highest BCUT2D eigenvalue weighted by atomic mass is 32.1. The zero-order valence-corrected chi connectivity index (χ0v) is 13.4. The Bertz CT molecular complexity index is 346. The molecule has 0 aliphatic rings. The first-order valence-corrected chi connectivity index (χ1v) is 7.95. The van der Waals surface area contributed by atoms with Gasteiger partial charge >= 0.3 is 0 Å². The molecule has 1 aromatic heterocycles. The Kier molecular flexibility index (Phi) is 6.30. The van der Waals surface area contributed by atoms with Crippen molar-refractivity contribution in [2.75, 3.05) is 13.1 Å². The van der Waals surface area contributed by atoms with Crippen LogP contribution in [-0.2, 0) is 6.42 Å². The summed E-state index contributed by atoms with van der Waals surface area (Å²) in [5.74, 6) is 0.720. The Balaban J connectivity index is 2.55. The van der Waals surface area contributed by atoms with Gasteiger partial charge in [-0.05, 0) is 37.6 Å². The Labute approximate surface area is 116 Å². The lowest BCUT2D eigenvalue weighted by Gasteiger charge is -2.29. The van der Waals surface area contributed by atoms with E-state index in [0.29, 0.717) is 5.41 Å². The third-order valence-corrected chi connectivity index (χ3v) is 4.05. The van der Waals surface area contributed by atoms with Gasteiger partial charge in [-0.2, -0.15) is 0 Å². The molecular weight excluding hydrogens is 240 g/mol. The molecule has 0 saturated heterocycles. The lowest BCUT2D eigenvalue weighted by molar-refractivity contribution is 0.269. The quantitative estimate of drug-likeness (QED) is 0.769. The topological polar surface area (TPSA) is 24.9 Å². The first-order valence-electron chi connectivity index (χ1n) is 7.07. The molecule has 2 nitrogen and oxygen atoms in total. The summed E-state index contributed by atoms with van der Waals surface area (Å²) in [6.07, 6.45) is 3.59. The number of rotatable bonds is 8. The van der Waals surface area contributed by atoms with E-state index >= 15 is 0 Å². The predicted octanol–water partition coefficient (Wildman–Crippen LogP) is 4.05. The number of thiazole rings is 1. The van der Waals surface area contributed by atoms with Gasteiger partial charge in [-0.3, -0.25) is 0 Å². The van der Waals surface area contributed by atoms with Gasteiger partial charge in [-0.25, -0.2) is 4.98 Å². The average Bonchev–Trinajstić information content (AvgIpc) is 2.63. The molecule has 104 valence electrons. The Morgan fingerprint density at radius 3 is 2.67 bits per heavy atom. The van der Waals surface area contributed by atoms with Crippen molar-refractivity contribution in [2.24, 2.45) is 11.3 Å². The number of hydrogen-bond acceptors (Lipinski definition) is 3. The Morgan fingerprint density at radius 1 is 1.44 bits per heavy atom. The summed E-state index contributed by atoms with van der Waals surface area (Å²) >= 11 is 1.76. The predicted molar refractivity (Wildman–Crippen MR) is 81.3 cm³/mol. The van der Waals surface area contributed by atoms with E-state index in [1.165, 1.54) is 23.5 Å². The van der Waals surface area contributed by atoms with Gasteiger partial charge in [0.25, 0.3) is 0 Å². The summed E-state index contributed by atoms with van der Waals surface area (Å²) in [6, 6.07) is 0. The fraction of sp³-hybridized carbons (Fsp3) is 0.800. The molecule has 1 aromatic rings. The second kappa shape index (κ2) is 7.25. The minimum atomic E-state index is 0.337. The van der Waals surface area contributed by atoms with Crippen LogP contribution in [0.2, 0.25) is 0 Å². The van der Waals surface area contributed by atoms with Crippen molar-refractivity contribution < 1.29 is 0 Å². The van der Waals surface area contributed by atoms with Crippen molar-refractivity contribution >= 4 is 11.3 Å². The first-order chi connectivity index (χ1) is 8.45. The monoisotopic (exact) mass is 268 g/mol. The van der Waals surface area contributed by atoms with E-state index in [1.54, 1.807) is 11.3 Å². The van der Waals surface area contributed by atoms with Crippen LogP contribution < -0.4 is 5.32 Å². The Hall–Kier alpha value is -0.410. The number of aromatic nitrogens is 1. The molecule has 18 heavy (non-hydrogen) atoms. The molecule has 0 aliphatic heterocycles. The fourth-order valence-corrected chi connectivity index (χ4v) is 3.04. The SMILES string of the molecule is CCCC(C)(CNCC(C)C)Cc1csc(C)n1.